The van der Waals surface area contributed by atoms with Crippen molar-refractivity contribution in [1.82, 2.24) is 0 Å². The molecular weight excluding hydrogens is 695 g/mol. The van der Waals surface area contributed by atoms with Gasteiger partial charge in [0.05, 0.1) is 0 Å². The molecule has 11 rings (SSSR count). The Labute approximate surface area is 330 Å². The van der Waals surface area contributed by atoms with E-state index in [1.807, 2.05) is 18.2 Å². The average Bonchev–Trinajstić information content (AvgIpc) is 3.86. The molecule has 0 saturated carbocycles. The van der Waals surface area contributed by atoms with Gasteiger partial charge in [-0.2, -0.15) is 0 Å². The van der Waals surface area contributed by atoms with E-state index >= 15 is 0 Å². The predicted molar refractivity (Wildman–Crippen MR) is 237 cm³/mol. The van der Waals surface area contributed by atoms with Crippen LogP contribution in [0.1, 0.15) is 0 Å². The van der Waals surface area contributed by atoms with Crippen LogP contribution in [0.3, 0.4) is 0 Å². The smallest absolute Gasteiger partial charge is 0.143 e. The number of hydrogen-bond acceptors (Lipinski definition) is 3. The lowest BCUT2D eigenvalue weighted by Crippen LogP contribution is -2.10. The van der Waals surface area contributed by atoms with Crippen LogP contribution in [0.25, 0.3) is 88.4 Å². The first-order valence-electron chi connectivity index (χ1n) is 19.3. The van der Waals surface area contributed by atoms with E-state index in [0.717, 1.165) is 83.2 Å². The number of anilines is 3. The summed E-state index contributed by atoms with van der Waals surface area (Å²) >= 11 is 0. The van der Waals surface area contributed by atoms with E-state index < -0.39 is 0 Å². The topological polar surface area (TPSA) is 29.5 Å². The van der Waals surface area contributed by atoms with Crippen molar-refractivity contribution < 1.29 is 8.83 Å². The summed E-state index contributed by atoms with van der Waals surface area (Å²) in [4.78, 5) is 2.34. The van der Waals surface area contributed by atoms with Gasteiger partial charge in [0, 0.05) is 44.2 Å². The average molecular weight is 730 g/mol. The summed E-state index contributed by atoms with van der Waals surface area (Å²) in [6, 6.07) is 75.1. The highest BCUT2D eigenvalue weighted by atomic mass is 16.3. The zero-order chi connectivity index (χ0) is 37.7. The van der Waals surface area contributed by atoms with Crippen molar-refractivity contribution in [3.05, 3.63) is 212 Å². The number of furan rings is 2. The molecule has 0 aliphatic carbocycles. The van der Waals surface area contributed by atoms with Crippen molar-refractivity contribution in [2.75, 3.05) is 4.90 Å². The molecule has 11 aromatic rings. The molecule has 0 bridgehead atoms. The van der Waals surface area contributed by atoms with E-state index in [0.29, 0.717) is 0 Å². The summed E-state index contributed by atoms with van der Waals surface area (Å²) < 4.78 is 13.0. The molecule has 0 aliphatic rings. The van der Waals surface area contributed by atoms with Crippen molar-refractivity contribution >= 4 is 60.9 Å². The van der Waals surface area contributed by atoms with Crippen LogP contribution in [-0.2, 0) is 0 Å². The highest BCUT2D eigenvalue weighted by Crippen LogP contribution is 2.45. The highest BCUT2D eigenvalue weighted by molar-refractivity contribution is 6.17. The summed E-state index contributed by atoms with van der Waals surface area (Å²) in [6.07, 6.45) is 0. The van der Waals surface area contributed by atoms with Gasteiger partial charge < -0.3 is 13.7 Å². The van der Waals surface area contributed by atoms with Crippen LogP contribution in [0, 0.1) is 0 Å². The van der Waals surface area contributed by atoms with E-state index in [9.17, 15) is 0 Å². The molecule has 0 unspecified atom stereocenters. The molecule has 0 amide bonds. The van der Waals surface area contributed by atoms with Gasteiger partial charge in [-0.05, 0) is 106 Å². The van der Waals surface area contributed by atoms with Gasteiger partial charge >= 0.3 is 0 Å². The maximum Gasteiger partial charge on any atom is 0.143 e. The van der Waals surface area contributed by atoms with Crippen LogP contribution < -0.4 is 4.90 Å². The van der Waals surface area contributed by atoms with Gasteiger partial charge in [0.25, 0.3) is 0 Å². The second kappa shape index (κ2) is 13.6. The summed E-state index contributed by atoms with van der Waals surface area (Å²) in [5.74, 6) is 0. The highest BCUT2D eigenvalue weighted by Gasteiger charge is 2.20. The minimum absolute atomic E-state index is 0.867. The molecule has 2 aromatic heterocycles. The van der Waals surface area contributed by atoms with Gasteiger partial charge in [0.1, 0.15) is 22.3 Å². The Morgan fingerprint density at radius 3 is 1.44 bits per heavy atom. The van der Waals surface area contributed by atoms with E-state index in [2.05, 4.69) is 199 Å². The molecule has 2 heterocycles. The second-order valence-corrected chi connectivity index (χ2v) is 14.5. The van der Waals surface area contributed by atoms with Crippen LogP contribution in [0.5, 0.6) is 0 Å². The fraction of sp³-hybridized carbons (Fsp3) is 0. The number of hydrogen-bond donors (Lipinski definition) is 0. The summed E-state index contributed by atoms with van der Waals surface area (Å²) in [7, 11) is 0. The number of benzene rings is 9. The standard InChI is InChI=1S/C54H35NO2/c1-3-12-36(13-4-1)38-22-27-42(28-23-38)55(43-29-24-39(25-30-43)37-14-5-2-6-15-37)44-17-11-16-40(34-44)46-32-31-45(53-48-19-8-10-21-51(48)57-54(46)53)41-26-33-52-49(35-41)47-18-7-9-20-50(47)56-52/h1-35H. The van der Waals surface area contributed by atoms with Crippen molar-refractivity contribution in [3.63, 3.8) is 0 Å². The third-order valence-electron chi connectivity index (χ3n) is 11.1. The molecule has 268 valence electrons. The maximum atomic E-state index is 6.79. The lowest BCUT2D eigenvalue weighted by atomic mass is 9.93. The molecule has 57 heavy (non-hydrogen) atoms. The van der Waals surface area contributed by atoms with Crippen LogP contribution in [0.15, 0.2) is 221 Å². The molecule has 9 aromatic carbocycles. The molecule has 0 aliphatic heterocycles. The molecule has 3 heteroatoms. The lowest BCUT2D eigenvalue weighted by Gasteiger charge is -2.26. The first-order valence-corrected chi connectivity index (χ1v) is 19.3. The fourth-order valence-electron chi connectivity index (χ4n) is 8.32. The quantitative estimate of drug-likeness (QED) is 0.164. The minimum atomic E-state index is 0.867. The SMILES string of the molecule is c1ccc(-c2ccc(N(c3ccc(-c4ccccc4)cc3)c3cccc(-c4ccc(-c5ccc6oc7ccccc7c6c5)c5c4oc4ccccc45)c3)cc2)cc1. The number of rotatable bonds is 7. The predicted octanol–water partition coefficient (Wildman–Crippen LogP) is 15.6. The molecular formula is C54H35NO2. The largest absolute Gasteiger partial charge is 0.456 e. The van der Waals surface area contributed by atoms with Gasteiger partial charge in [-0.15, -0.1) is 0 Å². The second-order valence-electron chi connectivity index (χ2n) is 14.5. The van der Waals surface area contributed by atoms with Gasteiger partial charge in [-0.3, -0.25) is 0 Å². The van der Waals surface area contributed by atoms with Gasteiger partial charge in [0.2, 0.25) is 0 Å². The normalized spacial score (nSPS) is 11.5. The lowest BCUT2D eigenvalue weighted by molar-refractivity contribution is 0.669. The van der Waals surface area contributed by atoms with Crippen LogP contribution in [0.2, 0.25) is 0 Å². The third kappa shape index (κ3) is 5.76. The fourth-order valence-corrected chi connectivity index (χ4v) is 8.32. The Morgan fingerprint density at radius 1 is 0.281 bits per heavy atom. The van der Waals surface area contributed by atoms with Crippen LogP contribution in [0.4, 0.5) is 17.1 Å². The Balaban J connectivity index is 1.05. The number of nitrogens with zero attached hydrogens (tertiary/aromatic N) is 1. The van der Waals surface area contributed by atoms with E-state index in [-0.39, 0.29) is 0 Å². The van der Waals surface area contributed by atoms with Crippen molar-refractivity contribution in [2.45, 2.75) is 0 Å². The first kappa shape index (κ1) is 32.8. The Morgan fingerprint density at radius 2 is 0.772 bits per heavy atom. The number of para-hydroxylation sites is 2. The molecule has 0 N–H and O–H groups in total. The zero-order valence-corrected chi connectivity index (χ0v) is 31.0. The first-order chi connectivity index (χ1) is 28.2. The summed E-state index contributed by atoms with van der Waals surface area (Å²) in [5.41, 5.74) is 15.8. The van der Waals surface area contributed by atoms with Crippen LogP contribution in [-0.4, -0.2) is 0 Å². The van der Waals surface area contributed by atoms with Crippen molar-refractivity contribution in [3.8, 4) is 44.5 Å². The third-order valence-corrected chi connectivity index (χ3v) is 11.1. The minimum Gasteiger partial charge on any atom is -0.456 e. The molecule has 3 nitrogen and oxygen atoms in total. The Bertz CT molecular complexity index is 3130. The van der Waals surface area contributed by atoms with E-state index in [4.69, 9.17) is 8.83 Å². The molecule has 0 fully saturated rings. The Hall–Kier alpha value is -7.62. The molecule has 0 atom stereocenters. The van der Waals surface area contributed by atoms with E-state index in [1.165, 1.54) is 22.3 Å². The summed E-state index contributed by atoms with van der Waals surface area (Å²) in [5, 5.41) is 4.42. The zero-order valence-electron chi connectivity index (χ0n) is 31.0. The van der Waals surface area contributed by atoms with Crippen molar-refractivity contribution in [2.24, 2.45) is 0 Å². The molecule has 0 spiro atoms. The molecule has 0 saturated heterocycles. The molecule has 0 radical (unpaired) electrons. The maximum absolute atomic E-state index is 6.79. The van der Waals surface area contributed by atoms with Crippen molar-refractivity contribution in [1.29, 1.82) is 0 Å². The van der Waals surface area contributed by atoms with E-state index in [1.54, 1.807) is 0 Å². The van der Waals surface area contributed by atoms with Gasteiger partial charge in [0.15, 0.2) is 0 Å². The number of fused-ring (bicyclic) bond motifs is 6. The Kier molecular flexibility index (Phi) is 7.82. The van der Waals surface area contributed by atoms with Gasteiger partial charge in [-0.25, -0.2) is 0 Å². The monoisotopic (exact) mass is 729 g/mol. The summed E-state index contributed by atoms with van der Waals surface area (Å²) in [6.45, 7) is 0. The van der Waals surface area contributed by atoms with Crippen LogP contribution >= 0.6 is 0 Å². The van der Waals surface area contributed by atoms with Gasteiger partial charge in [-0.1, -0.05) is 146 Å².